The van der Waals surface area contributed by atoms with Crippen molar-refractivity contribution < 1.29 is 9.72 Å². The second-order valence-electron chi connectivity index (χ2n) is 5.76. The van der Waals surface area contributed by atoms with Gasteiger partial charge in [-0.3, -0.25) is 14.9 Å². The van der Waals surface area contributed by atoms with Gasteiger partial charge in [-0.2, -0.15) is 0 Å². The number of fused-ring (bicyclic) bond motifs is 1. The van der Waals surface area contributed by atoms with Crippen molar-refractivity contribution in [2.45, 2.75) is 6.54 Å². The molecule has 24 heavy (non-hydrogen) atoms. The van der Waals surface area contributed by atoms with Crippen LogP contribution in [0.25, 0.3) is 10.9 Å². The maximum atomic E-state index is 12.8. The fraction of sp³-hybridized carbons (Fsp3) is 0.167. The third-order valence-electron chi connectivity index (χ3n) is 4.02. The molecule has 6 nitrogen and oxygen atoms in total. The first-order valence-electron chi connectivity index (χ1n) is 7.50. The number of nitro groups is 1. The first-order valence-corrected chi connectivity index (χ1v) is 7.50. The molecule has 0 unspecified atom stereocenters. The van der Waals surface area contributed by atoms with Crippen LogP contribution in [-0.4, -0.2) is 27.3 Å². The zero-order valence-electron chi connectivity index (χ0n) is 13.5. The number of benzene rings is 2. The molecule has 3 rings (SSSR count). The molecule has 0 N–H and O–H groups in total. The quantitative estimate of drug-likeness (QED) is 0.546. The van der Waals surface area contributed by atoms with Crippen LogP contribution in [0.5, 0.6) is 0 Å². The van der Waals surface area contributed by atoms with Gasteiger partial charge in [0, 0.05) is 49.9 Å². The summed E-state index contributed by atoms with van der Waals surface area (Å²) in [7, 11) is 3.60. The lowest BCUT2D eigenvalue weighted by atomic mass is 10.1. The van der Waals surface area contributed by atoms with E-state index in [2.05, 4.69) is 0 Å². The Morgan fingerprint density at radius 3 is 2.71 bits per heavy atom. The van der Waals surface area contributed by atoms with Gasteiger partial charge in [-0.05, 0) is 11.6 Å². The van der Waals surface area contributed by atoms with Gasteiger partial charge in [-0.25, -0.2) is 0 Å². The van der Waals surface area contributed by atoms with Crippen molar-refractivity contribution in [2.75, 3.05) is 7.05 Å². The Morgan fingerprint density at radius 2 is 1.96 bits per heavy atom. The number of non-ortho nitro benzene ring substituents is 1. The molecular formula is C18H17N3O3. The Bertz CT molecular complexity index is 930. The molecule has 1 amide bonds. The van der Waals surface area contributed by atoms with Crippen LogP contribution < -0.4 is 0 Å². The summed E-state index contributed by atoms with van der Waals surface area (Å²) < 4.78 is 1.92. The van der Waals surface area contributed by atoms with E-state index in [-0.39, 0.29) is 11.6 Å². The molecule has 0 bridgehead atoms. The monoisotopic (exact) mass is 323 g/mol. The Balaban J connectivity index is 1.87. The first kappa shape index (κ1) is 15.7. The lowest BCUT2D eigenvalue weighted by molar-refractivity contribution is -0.384. The van der Waals surface area contributed by atoms with Crippen molar-refractivity contribution in [1.82, 2.24) is 9.47 Å². The SMILES string of the molecule is CN(Cc1cccc([N+](=O)[O-])c1)C(=O)c1cn(C)c2ccccc12. The average Bonchev–Trinajstić information content (AvgIpc) is 2.91. The number of carbonyl (C=O) groups is 1. The number of para-hydroxylation sites is 1. The van der Waals surface area contributed by atoms with Crippen LogP contribution in [0.15, 0.2) is 54.7 Å². The van der Waals surface area contributed by atoms with Crippen molar-refractivity contribution in [3.8, 4) is 0 Å². The van der Waals surface area contributed by atoms with Crippen LogP contribution in [0.3, 0.4) is 0 Å². The van der Waals surface area contributed by atoms with Gasteiger partial charge in [0.2, 0.25) is 0 Å². The number of rotatable bonds is 4. The summed E-state index contributed by atoms with van der Waals surface area (Å²) in [5.74, 6) is -0.113. The van der Waals surface area contributed by atoms with Crippen molar-refractivity contribution in [1.29, 1.82) is 0 Å². The van der Waals surface area contributed by atoms with Gasteiger partial charge in [0.15, 0.2) is 0 Å². The molecule has 3 aromatic rings. The van der Waals surface area contributed by atoms with Crippen molar-refractivity contribution >= 4 is 22.5 Å². The normalized spacial score (nSPS) is 10.8. The maximum Gasteiger partial charge on any atom is 0.269 e. The molecule has 2 aromatic carbocycles. The second-order valence-corrected chi connectivity index (χ2v) is 5.76. The van der Waals surface area contributed by atoms with Crippen molar-refractivity contribution in [3.63, 3.8) is 0 Å². The van der Waals surface area contributed by atoms with E-state index < -0.39 is 4.92 Å². The molecule has 0 atom stereocenters. The van der Waals surface area contributed by atoms with Gasteiger partial charge in [-0.15, -0.1) is 0 Å². The maximum absolute atomic E-state index is 12.8. The van der Waals surface area contributed by atoms with E-state index in [0.717, 1.165) is 16.5 Å². The molecule has 0 aliphatic carbocycles. The molecule has 122 valence electrons. The zero-order chi connectivity index (χ0) is 17.3. The summed E-state index contributed by atoms with van der Waals surface area (Å²) >= 11 is 0. The molecule has 0 aliphatic heterocycles. The van der Waals surface area contributed by atoms with Crippen LogP contribution in [0.4, 0.5) is 5.69 Å². The number of nitrogens with zero attached hydrogens (tertiary/aromatic N) is 3. The number of amides is 1. The molecule has 0 saturated carbocycles. The van der Waals surface area contributed by atoms with E-state index in [0.29, 0.717) is 12.1 Å². The third-order valence-corrected chi connectivity index (χ3v) is 4.02. The number of carbonyl (C=O) groups excluding carboxylic acids is 1. The van der Waals surface area contributed by atoms with Gasteiger partial charge >= 0.3 is 0 Å². The van der Waals surface area contributed by atoms with Crippen LogP contribution in [-0.2, 0) is 13.6 Å². The number of aromatic nitrogens is 1. The lowest BCUT2D eigenvalue weighted by Crippen LogP contribution is -2.26. The molecule has 0 aliphatic rings. The summed E-state index contributed by atoms with van der Waals surface area (Å²) in [6.07, 6.45) is 1.82. The zero-order valence-corrected chi connectivity index (χ0v) is 13.5. The van der Waals surface area contributed by atoms with Crippen LogP contribution >= 0.6 is 0 Å². The van der Waals surface area contributed by atoms with E-state index in [4.69, 9.17) is 0 Å². The summed E-state index contributed by atoms with van der Waals surface area (Å²) in [4.78, 5) is 24.8. The van der Waals surface area contributed by atoms with E-state index in [1.807, 2.05) is 42.1 Å². The topological polar surface area (TPSA) is 68.4 Å². The Morgan fingerprint density at radius 1 is 1.21 bits per heavy atom. The lowest BCUT2D eigenvalue weighted by Gasteiger charge is -2.16. The van der Waals surface area contributed by atoms with Gasteiger partial charge < -0.3 is 9.47 Å². The molecule has 0 saturated heterocycles. The summed E-state index contributed by atoms with van der Waals surface area (Å²) in [5, 5.41) is 11.8. The Hall–Kier alpha value is -3.15. The van der Waals surface area contributed by atoms with Gasteiger partial charge in [0.1, 0.15) is 0 Å². The smallest absolute Gasteiger partial charge is 0.269 e. The Kier molecular flexibility index (Phi) is 4.04. The highest BCUT2D eigenvalue weighted by atomic mass is 16.6. The predicted molar refractivity (Wildman–Crippen MR) is 91.8 cm³/mol. The van der Waals surface area contributed by atoms with E-state index in [1.165, 1.54) is 12.1 Å². The average molecular weight is 323 g/mol. The first-order chi connectivity index (χ1) is 11.5. The minimum absolute atomic E-state index is 0.0264. The summed E-state index contributed by atoms with van der Waals surface area (Å²) in [5.41, 5.74) is 2.37. The van der Waals surface area contributed by atoms with Crippen LogP contribution in [0.1, 0.15) is 15.9 Å². The standard InChI is InChI=1S/C18H17N3O3/c1-19-12-16(15-8-3-4-9-17(15)19)18(22)20(2)11-13-6-5-7-14(10-13)21(23)24/h3-10,12H,11H2,1-2H3. The van der Waals surface area contributed by atoms with E-state index >= 15 is 0 Å². The molecule has 0 radical (unpaired) electrons. The number of hydrogen-bond donors (Lipinski definition) is 0. The van der Waals surface area contributed by atoms with Crippen molar-refractivity contribution in [2.24, 2.45) is 7.05 Å². The molecule has 1 aromatic heterocycles. The highest BCUT2D eigenvalue weighted by Crippen LogP contribution is 2.22. The number of hydrogen-bond acceptors (Lipinski definition) is 3. The van der Waals surface area contributed by atoms with Gasteiger partial charge in [-0.1, -0.05) is 30.3 Å². The molecular weight excluding hydrogens is 306 g/mol. The fourth-order valence-corrected chi connectivity index (χ4v) is 2.83. The summed E-state index contributed by atoms with van der Waals surface area (Å²) in [6, 6.07) is 14.1. The van der Waals surface area contributed by atoms with Crippen LogP contribution in [0.2, 0.25) is 0 Å². The second kappa shape index (κ2) is 6.16. The minimum atomic E-state index is -0.434. The number of nitro benzene ring substituents is 1. The molecule has 0 spiro atoms. The van der Waals surface area contributed by atoms with E-state index in [9.17, 15) is 14.9 Å². The third kappa shape index (κ3) is 2.86. The summed E-state index contributed by atoms with van der Waals surface area (Å²) in [6.45, 7) is 0.309. The highest BCUT2D eigenvalue weighted by molar-refractivity contribution is 6.06. The van der Waals surface area contributed by atoms with Crippen LogP contribution in [0, 0.1) is 10.1 Å². The van der Waals surface area contributed by atoms with Gasteiger partial charge in [0.25, 0.3) is 11.6 Å². The number of aryl methyl sites for hydroxylation is 1. The van der Waals surface area contributed by atoms with E-state index in [1.54, 1.807) is 24.1 Å². The highest BCUT2D eigenvalue weighted by Gasteiger charge is 2.18. The van der Waals surface area contributed by atoms with Crippen molar-refractivity contribution in [3.05, 3.63) is 76.0 Å². The predicted octanol–water partition coefficient (Wildman–Crippen LogP) is 3.36. The molecule has 1 heterocycles. The fourth-order valence-electron chi connectivity index (χ4n) is 2.83. The van der Waals surface area contributed by atoms with Gasteiger partial charge in [0.05, 0.1) is 10.5 Å². The molecule has 6 heteroatoms. The largest absolute Gasteiger partial charge is 0.350 e. The molecule has 0 fully saturated rings. The Labute approximate surface area is 139 Å². The minimum Gasteiger partial charge on any atom is -0.350 e.